The van der Waals surface area contributed by atoms with E-state index >= 15 is 0 Å². The molecular formula is C27H23F2LiN6O3. The van der Waals surface area contributed by atoms with Gasteiger partial charge in [-0.1, -0.05) is 18.2 Å². The summed E-state index contributed by atoms with van der Waals surface area (Å²) < 4.78 is 36.3. The van der Waals surface area contributed by atoms with E-state index in [1.54, 1.807) is 32.0 Å². The number of carboxylic acids is 1. The third kappa shape index (κ3) is 5.74. The van der Waals surface area contributed by atoms with Crippen LogP contribution >= 0.6 is 0 Å². The molecule has 0 aliphatic carbocycles. The number of anilines is 2. The van der Waals surface area contributed by atoms with E-state index < -0.39 is 17.6 Å². The number of aromatic nitrogens is 5. The van der Waals surface area contributed by atoms with Gasteiger partial charge in [-0.25, -0.2) is 23.5 Å². The zero-order valence-corrected chi connectivity index (χ0v) is 20.4. The maximum absolute atomic E-state index is 14.8. The normalized spacial score (nSPS) is 10.8. The number of para-hydroxylation sites is 1. The van der Waals surface area contributed by atoms with Crippen molar-refractivity contribution in [1.82, 2.24) is 24.7 Å². The first-order valence-electron chi connectivity index (χ1n) is 11.7. The standard InChI is InChI=1S/C27H22F2N6O3.Li.H/c1-3-38-16-11-20(28)19(21(29)12-16)14-35-23-7-5-4-6-17(23)25(34-35)26-31-15(2)10-24(33-26)32-22-8-9-30-13-18(22)27(36)37;;/h4-13H,3,14H2,1-2H3,(H,36,37)(H,30,31,32,33);;. The number of ether oxygens (including phenoxy) is 1. The van der Waals surface area contributed by atoms with Crippen LogP contribution in [0.4, 0.5) is 20.3 Å². The van der Waals surface area contributed by atoms with Crippen molar-refractivity contribution in [2.45, 2.75) is 20.4 Å². The van der Waals surface area contributed by atoms with Gasteiger partial charge < -0.3 is 15.2 Å². The molecule has 2 N–H and O–H groups in total. The number of rotatable bonds is 8. The van der Waals surface area contributed by atoms with Crippen molar-refractivity contribution in [2.24, 2.45) is 0 Å². The molecule has 0 fully saturated rings. The van der Waals surface area contributed by atoms with Gasteiger partial charge >= 0.3 is 24.8 Å². The number of nitrogens with zero attached hydrogens (tertiary/aromatic N) is 5. The van der Waals surface area contributed by atoms with Crippen LogP contribution in [0.5, 0.6) is 5.75 Å². The molecule has 0 aliphatic rings. The minimum atomic E-state index is -1.13. The number of carbonyl (C=O) groups is 1. The SMILES string of the molecule is CCOc1cc(F)c(Cn2nc(-c3nc(C)cc(Nc4ccncc4C(=O)O)n3)c3ccccc32)c(F)c1.[LiH]. The Kier molecular flexibility index (Phi) is 8.23. The third-order valence-electron chi connectivity index (χ3n) is 5.77. The fourth-order valence-corrected chi connectivity index (χ4v) is 4.09. The first kappa shape index (κ1) is 27.7. The van der Waals surface area contributed by atoms with Gasteiger partial charge in [0.1, 0.15) is 34.5 Å². The summed E-state index contributed by atoms with van der Waals surface area (Å²) in [7, 11) is 0. The number of hydrogen-bond donors (Lipinski definition) is 2. The second-order valence-electron chi connectivity index (χ2n) is 8.39. The van der Waals surface area contributed by atoms with Crippen LogP contribution in [0.15, 0.2) is 60.9 Å². The Morgan fingerprint density at radius 1 is 1.10 bits per heavy atom. The number of nitrogens with one attached hydrogen (secondary N) is 1. The summed E-state index contributed by atoms with van der Waals surface area (Å²) in [5.41, 5.74) is 1.79. The number of carboxylic acid groups (broad SMARTS) is 1. The fourth-order valence-electron chi connectivity index (χ4n) is 4.09. The molecule has 0 saturated carbocycles. The van der Waals surface area contributed by atoms with Gasteiger partial charge in [0.2, 0.25) is 0 Å². The Hall–Kier alpha value is -4.33. The molecule has 12 heteroatoms. The van der Waals surface area contributed by atoms with Crippen LogP contribution in [0, 0.1) is 18.6 Å². The van der Waals surface area contributed by atoms with E-state index in [0.29, 0.717) is 33.8 Å². The van der Waals surface area contributed by atoms with Gasteiger partial charge in [0.15, 0.2) is 5.82 Å². The number of fused-ring (bicyclic) bond motifs is 1. The van der Waals surface area contributed by atoms with Gasteiger partial charge in [-0.15, -0.1) is 0 Å². The summed E-state index contributed by atoms with van der Waals surface area (Å²) in [6.07, 6.45) is 2.71. The number of aromatic carboxylic acids is 1. The van der Waals surface area contributed by atoms with Crippen LogP contribution in [-0.2, 0) is 6.54 Å². The molecule has 3 heterocycles. The van der Waals surface area contributed by atoms with Crippen LogP contribution < -0.4 is 10.1 Å². The van der Waals surface area contributed by atoms with E-state index in [-0.39, 0.29) is 54.7 Å². The molecule has 194 valence electrons. The van der Waals surface area contributed by atoms with Crippen molar-refractivity contribution in [1.29, 1.82) is 0 Å². The first-order chi connectivity index (χ1) is 18.3. The Balaban J connectivity index is 0.00000353. The Morgan fingerprint density at radius 2 is 1.85 bits per heavy atom. The predicted octanol–water partition coefficient (Wildman–Crippen LogP) is 4.72. The number of aryl methyl sites for hydroxylation is 1. The van der Waals surface area contributed by atoms with E-state index in [4.69, 9.17) is 4.74 Å². The third-order valence-corrected chi connectivity index (χ3v) is 5.77. The Labute approximate surface area is 234 Å². The molecule has 0 amide bonds. The Morgan fingerprint density at radius 3 is 2.56 bits per heavy atom. The molecule has 0 atom stereocenters. The summed E-state index contributed by atoms with van der Waals surface area (Å²) >= 11 is 0. The summed E-state index contributed by atoms with van der Waals surface area (Å²) in [5.74, 6) is -1.88. The zero-order valence-electron chi connectivity index (χ0n) is 20.4. The summed E-state index contributed by atoms with van der Waals surface area (Å²) in [6.45, 7) is 3.63. The number of halogens is 2. The number of pyridine rings is 1. The molecule has 5 rings (SSSR count). The van der Waals surface area contributed by atoms with Crippen molar-refractivity contribution < 1.29 is 23.4 Å². The molecule has 2 aromatic carbocycles. The molecule has 0 saturated heterocycles. The first-order valence-corrected chi connectivity index (χ1v) is 11.7. The molecule has 0 aliphatic heterocycles. The predicted molar refractivity (Wildman–Crippen MR) is 144 cm³/mol. The second kappa shape index (κ2) is 11.6. The van der Waals surface area contributed by atoms with Gasteiger partial charge in [-0.3, -0.25) is 9.67 Å². The van der Waals surface area contributed by atoms with Crippen molar-refractivity contribution in [3.05, 3.63) is 89.4 Å². The minimum absolute atomic E-state index is 0. The quantitative estimate of drug-likeness (QED) is 0.281. The molecule has 5 aromatic rings. The molecule has 3 aromatic heterocycles. The van der Waals surface area contributed by atoms with Crippen LogP contribution in [0.3, 0.4) is 0 Å². The van der Waals surface area contributed by atoms with E-state index in [0.717, 1.165) is 12.1 Å². The number of hydrogen-bond acceptors (Lipinski definition) is 7. The van der Waals surface area contributed by atoms with Crippen LogP contribution in [0.25, 0.3) is 22.4 Å². The van der Waals surface area contributed by atoms with Crippen molar-refractivity contribution in [2.75, 3.05) is 11.9 Å². The molecule has 39 heavy (non-hydrogen) atoms. The molecule has 0 radical (unpaired) electrons. The maximum atomic E-state index is 14.8. The van der Waals surface area contributed by atoms with E-state index in [9.17, 15) is 18.7 Å². The summed E-state index contributed by atoms with van der Waals surface area (Å²) in [4.78, 5) is 24.5. The van der Waals surface area contributed by atoms with Crippen LogP contribution in [-0.4, -0.2) is 61.3 Å². The van der Waals surface area contributed by atoms with Gasteiger partial charge in [-0.05, 0) is 26.0 Å². The molecule has 0 bridgehead atoms. The van der Waals surface area contributed by atoms with Gasteiger partial charge in [0.05, 0.1) is 24.4 Å². The molecular weight excluding hydrogens is 501 g/mol. The summed E-state index contributed by atoms with van der Waals surface area (Å²) in [5, 5.41) is 17.8. The zero-order chi connectivity index (χ0) is 26.8. The average molecular weight is 524 g/mol. The molecule has 0 spiro atoms. The molecule has 9 nitrogen and oxygen atoms in total. The van der Waals surface area contributed by atoms with Gasteiger partial charge in [0.25, 0.3) is 0 Å². The van der Waals surface area contributed by atoms with Gasteiger partial charge in [-0.2, -0.15) is 5.10 Å². The number of benzene rings is 2. The fraction of sp³-hybridized carbons (Fsp3) is 0.148. The van der Waals surface area contributed by atoms with Crippen LogP contribution in [0.1, 0.15) is 28.5 Å². The van der Waals surface area contributed by atoms with Crippen molar-refractivity contribution in [3.8, 4) is 17.3 Å². The van der Waals surface area contributed by atoms with E-state index in [2.05, 4.69) is 25.4 Å². The van der Waals surface area contributed by atoms with Gasteiger partial charge in [0, 0.05) is 47.2 Å². The monoisotopic (exact) mass is 524 g/mol. The topological polar surface area (TPSA) is 115 Å². The van der Waals surface area contributed by atoms with Crippen molar-refractivity contribution >= 4 is 47.2 Å². The van der Waals surface area contributed by atoms with E-state index in [1.165, 1.54) is 23.1 Å². The average Bonchev–Trinajstić information content (AvgIpc) is 3.25. The van der Waals surface area contributed by atoms with E-state index in [1.807, 2.05) is 12.1 Å². The van der Waals surface area contributed by atoms with Crippen molar-refractivity contribution in [3.63, 3.8) is 0 Å². The second-order valence-corrected chi connectivity index (χ2v) is 8.39. The van der Waals surface area contributed by atoms with Crippen LogP contribution in [0.2, 0.25) is 0 Å². The molecule has 0 unspecified atom stereocenters. The Bertz CT molecular complexity index is 1650. The summed E-state index contributed by atoms with van der Waals surface area (Å²) in [6, 6.07) is 12.7.